The molecule has 1 rings (SSSR count). The molecule has 0 aromatic heterocycles. The van der Waals surface area contributed by atoms with E-state index in [4.69, 9.17) is 18.9 Å². The van der Waals surface area contributed by atoms with Crippen molar-refractivity contribution in [3.05, 3.63) is 23.8 Å². The molecule has 0 saturated heterocycles. The van der Waals surface area contributed by atoms with Gasteiger partial charge in [-0.15, -0.1) is 0 Å². The van der Waals surface area contributed by atoms with Crippen LogP contribution in [0, 0.1) is 5.92 Å². The average molecular weight is 310 g/mol. The first-order valence-electron chi connectivity index (χ1n) is 7.12. The maximum Gasteiger partial charge on any atom is 0.320 e. The van der Waals surface area contributed by atoms with Crippen molar-refractivity contribution in [1.82, 2.24) is 0 Å². The van der Waals surface area contributed by atoms with Crippen LogP contribution < -0.4 is 9.47 Å². The molecular formula is C16H22O6. The van der Waals surface area contributed by atoms with E-state index in [1.165, 1.54) is 14.2 Å². The van der Waals surface area contributed by atoms with Gasteiger partial charge in [0.25, 0.3) is 0 Å². The van der Waals surface area contributed by atoms with Crippen molar-refractivity contribution < 1.29 is 28.5 Å². The highest BCUT2D eigenvalue weighted by Crippen LogP contribution is 2.32. The zero-order valence-electron chi connectivity index (χ0n) is 13.4. The first kappa shape index (κ1) is 17.8. The van der Waals surface area contributed by atoms with Crippen LogP contribution in [0.15, 0.2) is 18.2 Å². The summed E-state index contributed by atoms with van der Waals surface area (Å²) in [6.45, 7) is 3.77. The molecule has 0 radical (unpaired) electrons. The Kier molecular flexibility index (Phi) is 7.22. The highest BCUT2D eigenvalue weighted by Gasteiger charge is 2.31. The number of methoxy groups -OCH3 is 2. The van der Waals surface area contributed by atoms with Crippen LogP contribution >= 0.6 is 0 Å². The lowest BCUT2D eigenvalue weighted by Crippen LogP contribution is -2.30. The fourth-order valence-corrected chi connectivity index (χ4v) is 2.08. The minimum Gasteiger partial charge on any atom is -0.493 e. The number of carbonyl (C=O) groups is 2. The number of benzene rings is 1. The van der Waals surface area contributed by atoms with Crippen molar-refractivity contribution in [2.45, 2.75) is 20.3 Å². The molecule has 22 heavy (non-hydrogen) atoms. The average Bonchev–Trinajstić information content (AvgIpc) is 2.52. The summed E-state index contributed by atoms with van der Waals surface area (Å²) in [5.41, 5.74) is 0.674. The fraction of sp³-hybridized carbons (Fsp3) is 0.500. The highest BCUT2D eigenvalue weighted by molar-refractivity contribution is 5.95. The predicted molar refractivity (Wildman–Crippen MR) is 80.0 cm³/mol. The summed E-state index contributed by atoms with van der Waals surface area (Å²) < 4.78 is 20.5. The molecular weight excluding hydrogens is 288 g/mol. The minimum atomic E-state index is -1.03. The first-order chi connectivity index (χ1) is 10.6. The third-order valence-corrected chi connectivity index (χ3v) is 3.05. The van der Waals surface area contributed by atoms with Gasteiger partial charge < -0.3 is 18.9 Å². The van der Waals surface area contributed by atoms with E-state index in [9.17, 15) is 9.59 Å². The van der Waals surface area contributed by atoms with Crippen molar-refractivity contribution in [1.29, 1.82) is 0 Å². The zero-order chi connectivity index (χ0) is 16.5. The monoisotopic (exact) mass is 310 g/mol. The maximum absolute atomic E-state index is 12.0. The van der Waals surface area contributed by atoms with Crippen LogP contribution in [0.3, 0.4) is 0 Å². The lowest BCUT2D eigenvalue weighted by Gasteiger charge is -2.17. The van der Waals surface area contributed by atoms with E-state index in [1.807, 2.05) is 0 Å². The summed E-state index contributed by atoms with van der Waals surface area (Å²) >= 11 is 0. The molecule has 0 heterocycles. The topological polar surface area (TPSA) is 71.1 Å². The quantitative estimate of drug-likeness (QED) is 0.540. The smallest absolute Gasteiger partial charge is 0.320 e. The van der Waals surface area contributed by atoms with E-state index in [1.54, 1.807) is 32.0 Å². The summed E-state index contributed by atoms with van der Waals surface area (Å²) in [5.74, 6) is -1.22. The van der Waals surface area contributed by atoms with E-state index >= 15 is 0 Å². The predicted octanol–water partition coefficient (Wildman–Crippen LogP) is 1.99. The molecule has 0 aliphatic carbocycles. The van der Waals surface area contributed by atoms with E-state index in [0.717, 1.165) is 0 Å². The van der Waals surface area contributed by atoms with E-state index in [0.29, 0.717) is 17.1 Å². The molecule has 0 unspecified atom stereocenters. The Morgan fingerprint density at radius 1 is 1.00 bits per heavy atom. The number of hydrogen-bond acceptors (Lipinski definition) is 6. The van der Waals surface area contributed by atoms with Crippen molar-refractivity contribution in [2.24, 2.45) is 5.92 Å². The Morgan fingerprint density at radius 2 is 1.59 bits per heavy atom. The van der Waals surface area contributed by atoms with Gasteiger partial charge in [-0.05, 0) is 25.5 Å². The molecule has 6 nitrogen and oxygen atoms in total. The highest BCUT2D eigenvalue weighted by atomic mass is 16.6. The Hall–Kier alpha value is -2.24. The lowest BCUT2D eigenvalue weighted by atomic mass is 9.98. The number of carbonyl (C=O) groups excluding carboxylic acids is 2. The van der Waals surface area contributed by atoms with E-state index < -0.39 is 17.9 Å². The number of esters is 2. The van der Waals surface area contributed by atoms with Crippen LogP contribution in [0.2, 0.25) is 0 Å². The molecule has 0 N–H and O–H groups in total. The molecule has 0 spiro atoms. The van der Waals surface area contributed by atoms with Crippen molar-refractivity contribution >= 4 is 11.9 Å². The van der Waals surface area contributed by atoms with Gasteiger partial charge in [-0.1, -0.05) is 12.1 Å². The van der Waals surface area contributed by atoms with Crippen LogP contribution in [0.25, 0.3) is 0 Å². The number of ether oxygens (including phenoxy) is 4. The molecule has 1 aromatic rings. The Labute approximate surface area is 130 Å². The molecule has 6 heteroatoms. The molecule has 0 amide bonds. The van der Waals surface area contributed by atoms with Crippen LogP contribution in [-0.2, 0) is 25.5 Å². The number of para-hydroxylation sites is 1. The summed E-state index contributed by atoms with van der Waals surface area (Å²) in [5, 5.41) is 0. The number of hydrogen-bond donors (Lipinski definition) is 0. The zero-order valence-corrected chi connectivity index (χ0v) is 13.4. The van der Waals surface area contributed by atoms with E-state index in [-0.39, 0.29) is 19.6 Å². The molecule has 0 bridgehead atoms. The summed E-state index contributed by atoms with van der Waals surface area (Å²) in [7, 11) is 3.03. The van der Waals surface area contributed by atoms with Gasteiger partial charge >= 0.3 is 11.9 Å². The second-order valence-electron chi connectivity index (χ2n) is 4.41. The molecule has 0 fully saturated rings. The third-order valence-electron chi connectivity index (χ3n) is 3.05. The SMILES string of the molecule is CCOC(=O)C(Cc1cccc(OC)c1OC)C(=O)OCC. The van der Waals surface area contributed by atoms with Gasteiger partial charge in [0.2, 0.25) is 0 Å². The van der Waals surface area contributed by atoms with Crippen LogP contribution in [0.5, 0.6) is 11.5 Å². The second kappa shape index (κ2) is 8.92. The fourth-order valence-electron chi connectivity index (χ4n) is 2.08. The molecule has 0 saturated carbocycles. The summed E-state index contributed by atoms with van der Waals surface area (Å²) in [6.07, 6.45) is 0.123. The van der Waals surface area contributed by atoms with Gasteiger partial charge in [-0.25, -0.2) is 0 Å². The first-order valence-corrected chi connectivity index (χ1v) is 7.12. The maximum atomic E-state index is 12.0. The Bertz CT molecular complexity index is 493. The Morgan fingerprint density at radius 3 is 2.05 bits per heavy atom. The Balaban J connectivity index is 3.08. The normalized spacial score (nSPS) is 10.2. The van der Waals surface area contributed by atoms with Crippen molar-refractivity contribution in [2.75, 3.05) is 27.4 Å². The second-order valence-corrected chi connectivity index (χ2v) is 4.41. The standard InChI is InChI=1S/C16H22O6/c1-5-21-15(17)12(16(18)22-6-2)10-11-8-7-9-13(19-3)14(11)20-4/h7-9,12H,5-6,10H2,1-4H3. The van der Waals surface area contributed by atoms with Crippen LogP contribution in [0.1, 0.15) is 19.4 Å². The van der Waals surface area contributed by atoms with Crippen molar-refractivity contribution in [3.63, 3.8) is 0 Å². The van der Waals surface area contributed by atoms with Gasteiger partial charge in [0.1, 0.15) is 0 Å². The van der Waals surface area contributed by atoms with Crippen LogP contribution in [-0.4, -0.2) is 39.4 Å². The van der Waals surface area contributed by atoms with Gasteiger partial charge in [0, 0.05) is 6.42 Å². The summed E-state index contributed by atoms with van der Waals surface area (Å²) in [4.78, 5) is 24.0. The summed E-state index contributed by atoms with van der Waals surface area (Å²) in [6, 6.07) is 5.28. The van der Waals surface area contributed by atoms with Crippen molar-refractivity contribution in [3.8, 4) is 11.5 Å². The van der Waals surface area contributed by atoms with Gasteiger partial charge in [0.05, 0.1) is 27.4 Å². The molecule has 0 atom stereocenters. The lowest BCUT2D eigenvalue weighted by molar-refractivity contribution is -0.161. The third kappa shape index (κ3) is 4.38. The molecule has 0 aliphatic heterocycles. The van der Waals surface area contributed by atoms with Crippen LogP contribution in [0.4, 0.5) is 0 Å². The van der Waals surface area contributed by atoms with Gasteiger partial charge in [0.15, 0.2) is 17.4 Å². The molecule has 122 valence electrons. The van der Waals surface area contributed by atoms with Gasteiger partial charge in [-0.3, -0.25) is 9.59 Å². The molecule has 1 aromatic carbocycles. The largest absolute Gasteiger partial charge is 0.493 e. The molecule has 0 aliphatic rings. The van der Waals surface area contributed by atoms with E-state index in [2.05, 4.69) is 0 Å². The number of rotatable bonds is 8. The minimum absolute atomic E-state index is 0.123. The van der Waals surface area contributed by atoms with Gasteiger partial charge in [-0.2, -0.15) is 0 Å².